The van der Waals surface area contributed by atoms with E-state index in [0.29, 0.717) is 18.9 Å². The van der Waals surface area contributed by atoms with Crippen LogP contribution in [0, 0.1) is 5.92 Å². The van der Waals surface area contributed by atoms with E-state index in [1.165, 1.54) is 37.7 Å². The predicted octanol–water partition coefficient (Wildman–Crippen LogP) is 5.59. The predicted molar refractivity (Wildman–Crippen MR) is 113 cm³/mol. The zero-order valence-corrected chi connectivity index (χ0v) is 16.7. The molecule has 5 heteroatoms. The van der Waals surface area contributed by atoms with Gasteiger partial charge in [0.2, 0.25) is 5.91 Å². The zero-order chi connectivity index (χ0) is 19.3. The van der Waals surface area contributed by atoms with Crippen molar-refractivity contribution in [2.45, 2.75) is 51.0 Å². The van der Waals surface area contributed by atoms with Gasteiger partial charge in [0.25, 0.3) is 0 Å². The van der Waals surface area contributed by atoms with Crippen LogP contribution in [-0.2, 0) is 11.3 Å². The number of fused-ring (bicyclic) bond motifs is 1. The topological polar surface area (TPSA) is 57.8 Å². The van der Waals surface area contributed by atoms with Gasteiger partial charge in [-0.1, -0.05) is 30.9 Å². The third kappa shape index (κ3) is 4.39. The molecule has 1 amide bonds. The first-order valence-corrected chi connectivity index (χ1v) is 10.5. The Kier molecular flexibility index (Phi) is 5.96. The van der Waals surface area contributed by atoms with Crippen LogP contribution in [0.4, 0.5) is 0 Å². The van der Waals surface area contributed by atoms with Crippen molar-refractivity contribution in [1.82, 2.24) is 15.3 Å². The Balaban J connectivity index is 1.54. The number of amides is 1. The average Bonchev–Trinajstić information content (AvgIpc) is 3.14. The molecule has 1 aliphatic rings. The van der Waals surface area contributed by atoms with Gasteiger partial charge in [-0.25, -0.2) is 0 Å². The summed E-state index contributed by atoms with van der Waals surface area (Å²) in [5, 5.41) is 4.96. The van der Waals surface area contributed by atoms with Crippen LogP contribution >= 0.6 is 11.6 Å². The van der Waals surface area contributed by atoms with E-state index in [1.807, 2.05) is 30.3 Å². The Bertz CT molecular complexity index is 931. The second-order valence-corrected chi connectivity index (χ2v) is 8.21. The number of halogens is 1. The number of hydrogen-bond donors (Lipinski definition) is 2. The summed E-state index contributed by atoms with van der Waals surface area (Å²) in [6.07, 6.45) is 12.3. The molecular formula is C23H26ClN3O. The van der Waals surface area contributed by atoms with Crippen molar-refractivity contribution < 1.29 is 4.79 Å². The van der Waals surface area contributed by atoms with Crippen LogP contribution in [0.5, 0.6) is 0 Å². The highest BCUT2D eigenvalue weighted by atomic mass is 35.5. The molecule has 1 aliphatic carbocycles. The number of aromatic amines is 1. The average molecular weight is 396 g/mol. The van der Waals surface area contributed by atoms with Crippen LogP contribution < -0.4 is 5.32 Å². The Morgan fingerprint density at radius 2 is 1.96 bits per heavy atom. The Morgan fingerprint density at radius 3 is 2.75 bits per heavy atom. The summed E-state index contributed by atoms with van der Waals surface area (Å²) in [6, 6.07) is 9.80. The fourth-order valence-electron chi connectivity index (χ4n) is 4.46. The zero-order valence-electron chi connectivity index (χ0n) is 16.0. The summed E-state index contributed by atoms with van der Waals surface area (Å²) >= 11 is 6.26. The van der Waals surface area contributed by atoms with Crippen molar-refractivity contribution >= 4 is 28.4 Å². The quantitative estimate of drug-likeness (QED) is 0.571. The van der Waals surface area contributed by atoms with E-state index in [9.17, 15) is 4.79 Å². The molecule has 0 aliphatic heterocycles. The Morgan fingerprint density at radius 1 is 1.18 bits per heavy atom. The minimum atomic E-state index is 0.101. The second-order valence-electron chi connectivity index (χ2n) is 7.77. The standard InChI is InChI=1S/C23H26ClN3O/c24-18-6-7-22-20(12-18)21(15-26-22)19(17-4-2-1-3-5-17)13-23(28)27-14-16-8-10-25-11-9-16/h6-12,15,17,19,26H,1-5,13-14H2,(H,27,28)/t19-/m1/s1. The number of nitrogens with one attached hydrogen (secondary N) is 2. The van der Waals surface area contributed by atoms with Crippen molar-refractivity contribution in [2.24, 2.45) is 5.92 Å². The fraction of sp³-hybridized carbons (Fsp3) is 0.391. The van der Waals surface area contributed by atoms with E-state index >= 15 is 0 Å². The largest absolute Gasteiger partial charge is 0.361 e. The molecule has 2 heterocycles. The molecule has 2 aromatic heterocycles. The van der Waals surface area contributed by atoms with Gasteiger partial charge in [0.1, 0.15) is 0 Å². The van der Waals surface area contributed by atoms with Gasteiger partial charge in [0, 0.05) is 47.5 Å². The minimum Gasteiger partial charge on any atom is -0.361 e. The Labute approximate surface area is 170 Å². The lowest BCUT2D eigenvalue weighted by Gasteiger charge is -2.30. The third-order valence-corrected chi connectivity index (χ3v) is 6.17. The number of rotatable bonds is 6. The number of carbonyl (C=O) groups excluding carboxylic acids is 1. The molecule has 1 aromatic carbocycles. The number of carbonyl (C=O) groups is 1. The molecule has 1 fully saturated rings. The lowest BCUT2D eigenvalue weighted by Crippen LogP contribution is -2.27. The van der Waals surface area contributed by atoms with E-state index in [4.69, 9.17) is 11.6 Å². The van der Waals surface area contributed by atoms with E-state index in [-0.39, 0.29) is 11.8 Å². The molecule has 0 unspecified atom stereocenters. The van der Waals surface area contributed by atoms with E-state index < -0.39 is 0 Å². The van der Waals surface area contributed by atoms with E-state index in [2.05, 4.69) is 21.5 Å². The van der Waals surface area contributed by atoms with Crippen molar-refractivity contribution in [3.05, 3.63) is 65.1 Å². The Hall–Kier alpha value is -2.33. The molecule has 0 saturated heterocycles. The van der Waals surface area contributed by atoms with Crippen LogP contribution in [0.3, 0.4) is 0 Å². The maximum atomic E-state index is 12.8. The fourth-order valence-corrected chi connectivity index (χ4v) is 4.63. The van der Waals surface area contributed by atoms with Crippen molar-refractivity contribution in [3.63, 3.8) is 0 Å². The maximum absolute atomic E-state index is 12.8. The number of nitrogens with zero attached hydrogens (tertiary/aromatic N) is 1. The number of pyridine rings is 1. The molecule has 146 valence electrons. The van der Waals surface area contributed by atoms with Crippen LogP contribution in [-0.4, -0.2) is 15.9 Å². The first kappa shape index (κ1) is 19.0. The lowest BCUT2D eigenvalue weighted by molar-refractivity contribution is -0.122. The van der Waals surface area contributed by atoms with E-state index in [1.54, 1.807) is 12.4 Å². The van der Waals surface area contributed by atoms with Gasteiger partial charge in [-0.15, -0.1) is 0 Å². The van der Waals surface area contributed by atoms with Gasteiger partial charge in [-0.05, 0) is 66.1 Å². The van der Waals surface area contributed by atoms with Crippen LogP contribution in [0.2, 0.25) is 5.02 Å². The molecular weight excluding hydrogens is 370 g/mol. The summed E-state index contributed by atoms with van der Waals surface area (Å²) < 4.78 is 0. The van der Waals surface area contributed by atoms with Crippen molar-refractivity contribution in [3.8, 4) is 0 Å². The highest BCUT2D eigenvalue weighted by Crippen LogP contribution is 2.41. The van der Waals surface area contributed by atoms with Crippen LogP contribution in [0.15, 0.2) is 48.9 Å². The molecule has 1 saturated carbocycles. The summed E-state index contributed by atoms with van der Waals surface area (Å²) in [5.41, 5.74) is 3.37. The van der Waals surface area contributed by atoms with E-state index in [0.717, 1.165) is 21.5 Å². The molecule has 4 nitrogen and oxygen atoms in total. The number of H-pyrrole nitrogens is 1. The normalized spacial score (nSPS) is 16.2. The summed E-state index contributed by atoms with van der Waals surface area (Å²) in [7, 11) is 0. The molecule has 1 atom stereocenters. The molecule has 4 rings (SSSR count). The first-order chi connectivity index (χ1) is 13.7. The van der Waals surface area contributed by atoms with Gasteiger partial charge in [0.05, 0.1) is 0 Å². The minimum absolute atomic E-state index is 0.101. The van der Waals surface area contributed by atoms with Gasteiger partial charge in [0.15, 0.2) is 0 Å². The number of hydrogen-bond acceptors (Lipinski definition) is 2. The molecule has 0 spiro atoms. The summed E-state index contributed by atoms with van der Waals surface area (Å²) in [5.74, 6) is 0.854. The van der Waals surface area contributed by atoms with Crippen molar-refractivity contribution in [2.75, 3.05) is 0 Å². The molecule has 2 N–H and O–H groups in total. The summed E-state index contributed by atoms with van der Waals surface area (Å²) in [4.78, 5) is 20.2. The van der Waals surface area contributed by atoms with Gasteiger partial charge in [-0.3, -0.25) is 9.78 Å². The SMILES string of the molecule is O=C(C[C@@H](c1c[nH]c2ccc(Cl)cc12)C1CCCCC1)NCc1ccncc1. The molecule has 0 bridgehead atoms. The maximum Gasteiger partial charge on any atom is 0.220 e. The molecule has 28 heavy (non-hydrogen) atoms. The second kappa shape index (κ2) is 8.78. The van der Waals surface area contributed by atoms with Gasteiger partial charge in [-0.2, -0.15) is 0 Å². The lowest BCUT2D eigenvalue weighted by atomic mass is 9.75. The van der Waals surface area contributed by atoms with Gasteiger partial charge < -0.3 is 10.3 Å². The first-order valence-electron chi connectivity index (χ1n) is 10.1. The number of aromatic nitrogens is 2. The van der Waals surface area contributed by atoms with Crippen LogP contribution in [0.1, 0.15) is 55.6 Å². The highest BCUT2D eigenvalue weighted by molar-refractivity contribution is 6.31. The summed E-state index contributed by atoms with van der Waals surface area (Å²) in [6.45, 7) is 0.540. The molecule has 0 radical (unpaired) electrons. The molecule has 3 aromatic rings. The van der Waals surface area contributed by atoms with Crippen molar-refractivity contribution in [1.29, 1.82) is 0 Å². The van der Waals surface area contributed by atoms with Crippen LogP contribution in [0.25, 0.3) is 10.9 Å². The number of benzene rings is 1. The van der Waals surface area contributed by atoms with Gasteiger partial charge >= 0.3 is 0 Å². The monoisotopic (exact) mass is 395 g/mol. The smallest absolute Gasteiger partial charge is 0.220 e. The third-order valence-electron chi connectivity index (χ3n) is 5.94. The highest BCUT2D eigenvalue weighted by Gasteiger charge is 2.29.